The molecule has 7 heteroatoms. The molecule has 2 aromatic carbocycles. The third-order valence-electron chi connectivity index (χ3n) is 5.38. The number of methoxy groups -OCH3 is 1. The molecular weight excluding hydrogens is 378 g/mol. The van der Waals surface area contributed by atoms with E-state index in [1.807, 2.05) is 24.3 Å². The van der Waals surface area contributed by atoms with E-state index < -0.39 is 25.0 Å². The van der Waals surface area contributed by atoms with Crippen LogP contribution in [0.25, 0.3) is 5.69 Å². The molecule has 3 aromatic rings. The quantitative estimate of drug-likeness (QED) is 0.622. The van der Waals surface area contributed by atoms with E-state index in [2.05, 4.69) is 27.0 Å². The predicted molar refractivity (Wildman–Crippen MR) is 120 cm³/mol. The van der Waals surface area contributed by atoms with Crippen LogP contribution in [0, 0.1) is 0 Å². The molecule has 30 heavy (non-hydrogen) atoms. The minimum Gasteiger partial charge on any atom is -0.497 e. The first kappa shape index (κ1) is 14.7. The van der Waals surface area contributed by atoms with E-state index in [1.54, 1.807) is 19.2 Å². The summed E-state index contributed by atoms with van der Waals surface area (Å²) in [5.74, 6) is 0.832. The predicted octanol–water partition coefficient (Wildman–Crippen LogP) is 3.34. The number of ether oxygens (including phenoxy) is 1. The van der Waals surface area contributed by atoms with E-state index in [-0.39, 0.29) is 0 Å². The number of rotatable bonds is 6. The Hall–Kier alpha value is -3.22. The molecule has 1 aliphatic heterocycles. The minimum absolute atomic E-state index is 0.507. The molecule has 0 amide bonds. The van der Waals surface area contributed by atoms with Gasteiger partial charge in [-0.05, 0) is 61.8 Å². The minimum atomic E-state index is -2.89. The lowest BCUT2D eigenvalue weighted by Gasteiger charge is -2.37. The van der Waals surface area contributed by atoms with Crippen molar-refractivity contribution >= 4 is 11.4 Å². The fourth-order valence-electron chi connectivity index (χ4n) is 3.61. The highest BCUT2D eigenvalue weighted by atomic mass is 16.5. The number of benzene rings is 2. The Morgan fingerprint density at radius 2 is 1.57 bits per heavy atom. The van der Waals surface area contributed by atoms with Gasteiger partial charge in [-0.3, -0.25) is 0 Å². The lowest BCUT2D eigenvalue weighted by molar-refractivity contribution is 0.415. The zero-order valence-corrected chi connectivity index (χ0v) is 17.2. The molecule has 1 fully saturated rings. The molecule has 7 nitrogen and oxygen atoms in total. The van der Waals surface area contributed by atoms with E-state index in [0.717, 1.165) is 43.3 Å². The van der Waals surface area contributed by atoms with Crippen molar-refractivity contribution < 1.29 is 11.6 Å². The van der Waals surface area contributed by atoms with Gasteiger partial charge in [-0.2, -0.15) is 5.10 Å². The number of nitrogens with zero attached hydrogens (tertiary/aromatic N) is 5. The molecule has 0 aliphatic carbocycles. The molecule has 0 bridgehead atoms. The summed E-state index contributed by atoms with van der Waals surface area (Å²) in [5.41, 5.74) is 1.91. The van der Waals surface area contributed by atoms with Crippen molar-refractivity contribution in [3.8, 4) is 11.4 Å². The third-order valence-corrected chi connectivity index (χ3v) is 5.38. The Bertz CT molecular complexity index is 1200. The maximum atomic E-state index is 13.0. The molecule has 2 atom stereocenters. The van der Waals surface area contributed by atoms with Crippen LogP contribution in [0.1, 0.15) is 33.0 Å². The Morgan fingerprint density at radius 3 is 2.07 bits per heavy atom. The van der Waals surface area contributed by atoms with Crippen LogP contribution < -0.4 is 20.2 Å². The molecule has 4 rings (SSSR count). The van der Waals surface area contributed by atoms with Crippen molar-refractivity contribution in [2.24, 2.45) is 0 Å². The van der Waals surface area contributed by atoms with E-state index in [9.17, 15) is 4.79 Å². The van der Waals surface area contributed by atoms with Gasteiger partial charge in [0.25, 0.3) is 0 Å². The van der Waals surface area contributed by atoms with Crippen molar-refractivity contribution in [2.75, 3.05) is 43.1 Å². The lowest BCUT2D eigenvalue weighted by Crippen LogP contribution is -2.46. The van der Waals surface area contributed by atoms with Crippen molar-refractivity contribution in [2.45, 2.75) is 26.2 Å². The van der Waals surface area contributed by atoms with Crippen LogP contribution in [0.2, 0.25) is 0 Å². The van der Waals surface area contributed by atoms with Gasteiger partial charge in [0.1, 0.15) is 12.1 Å². The summed E-state index contributed by atoms with van der Waals surface area (Å²) >= 11 is 0. The summed E-state index contributed by atoms with van der Waals surface area (Å²) in [6.07, 6.45) is -0.197. The van der Waals surface area contributed by atoms with Crippen molar-refractivity contribution in [3.05, 3.63) is 65.3 Å². The van der Waals surface area contributed by atoms with E-state index in [0.29, 0.717) is 10.4 Å². The highest BCUT2D eigenvalue weighted by Crippen LogP contribution is 2.23. The van der Waals surface area contributed by atoms with Gasteiger partial charge in [-0.1, -0.05) is 6.92 Å². The van der Waals surface area contributed by atoms with Gasteiger partial charge in [-0.25, -0.2) is 14.0 Å². The summed E-state index contributed by atoms with van der Waals surface area (Å²) in [6, 6.07) is 12.9. The second kappa shape index (κ2) is 8.65. The smallest absolute Gasteiger partial charge is 0.350 e. The van der Waals surface area contributed by atoms with Gasteiger partial charge >= 0.3 is 5.69 Å². The number of aromatic nitrogens is 3. The normalized spacial score (nSPS) is 20.3. The number of hydrogen-bond acceptors (Lipinski definition) is 5. The fourth-order valence-corrected chi connectivity index (χ4v) is 3.61. The second-order valence-corrected chi connectivity index (χ2v) is 7.06. The molecule has 2 unspecified atom stereocenters. The lowest BCUT2D eigenvalue weighted by atomic mass is 10.2. The van der Waals surface area contributed by atoms with Gasteiger partial charge in [0.2, 0.25) is 0 Å². The Kier molecular flexibility index (Phi) is 4.24. The maximum Gasteiger partial charge on any atom is 0.350 e. The first-order valence-corrected chi connectivity index (χ1v) is 9.90. The molecule has 2 heterocycles. The topological polar surface area (TPSA) is 55.5 Å². The molecule has 0 spiro atoms. The largest absolute Gasteiger partial charge is 0.497 e. The average Bonchev–Trinajstić information content (AvgIpc) is 3.24. The van der Waals surface area contributed by atoms with Crippen LogP contribution in [0.5, 0.6) is 5.75 Å². The molecule has 1 aliphatic rings. The number of anilines is 2. The Labute approximate surface area is 184 Å². The van der Waals surface area contributed by atoms with Crippen LogP contribution in [-0.2, 0) is 0 Å². The molecule has 0 N–H and O–H groups in total. The summed E-state index contributed by atoms with van der Waals surface area (Å²) in [4.78, 5) is 17.5. The summed E-state index contributed by atoms with van der Waals surface area (Å²) in [7, 11) is 1.65. The molecular formula is C23H29N5O2. The van der Waals surface area contributed by atoms with Crippen LogP contribution >= 0.6 is 0 Å². The number of piperazine rings is 1. The molecule has 1 aromatic heterocycles. The van der Waals surface area contributed by atoms with Gasteiger partial charge in [0, 0.05) is 43.0 Å². The van der Waals surface area contributed by atoms with Crippen LogP contribution in [0.15, 0.2) is 59.7 Å². The first-order chi connectivity index (χ1) is 16.6. The van der Waals surface area contributed by atoms with Gasteiger partial charge in [0.05, 0.1) is 20.2 Å². The Balaban J connectivity index is 1.48. The van der Waals surface area contributed by atoms with Gasteiger partial charge in [0.15, 0.2) is 0 Å². The van der Waals surface area contributed by atoms with Crippen LogP contribution in [0.4, 0.5) is 11.4 Å². The standard InChI is InChI=1S/C23H29N5O2/c1-4-18(2)28-23(29)27(17-24-28)21-7-5-19(6-8-21)25-13-15-26(16-14-25)20-9-11-22(30-3)12-10-20/h5-12,17-18H,4,13-16H2,1-3H3/i2D3,4D,18D. The zero-order chi connectivity index (χ0) is 25.4. The maximum absolute atomic E-state index is 13.0. The van der Waals surface area contributed by atoms with Gasteiger partial charge < -0.3 is 14.5 Å². The van der Waals surface area contributed by atoms with Crippen molar-refractivity contribution in [3.63, 3.8) is 0 Å². The highest BCUT2D eigenvalue weighted by Gasteiger charge is 2.18. The first-order valence-electron chi connectivity index (χ1n) is 12.5. The average molecular weight is 413 g/mol. The Morgan fingerprint density at radius 1 is 1.03 bits per heavy atom. The zero-order valence-electron chi connectivity index (χ0n) is 22.2. The van der Waals surface area contributed by atoms with E-state index in [1.165, 1.54) is 17.8 Å². The summed E-state index contributed by atoms with van der Waals surface area (Å²) in [6.45, 7) is 1.79. The third kappa shape index (κ3) is 3.92. The summed E-state index contributed by atoms with van der Waals surface area (Å²) in [5, 5.41) is 3.89. The fraction of sp³-hybridized carbons (Fsp3) is 0.391. The molecule has 1 saturated heterocycles. The number of hydrogen-bond donors (Lipinski definition) is 0. The molecule has 158 valence electrons. The van der Waals surface area contributed by atoms with Crippen molar-refractivity contribution in [1.29, 1.82) is 0 Å². The van der Waals surface area contributed by atoms with E-state index >= 15 is 0 Å². The van der Waals surface area contributed by atoms with Crippen molar-refractivity contribution in [1.82, 2.24) is 14.3 Å². The second-order valence-electron chi connectivity index (χ2n) is 7.06. The highest BCUT2D eigenvalue weighted by molar-refractivity contribution is 5.54. The monoisotopic (exact) mass is 412 g/mol. The molecule has 0 radical (unpaired) electrons. The van der Waals surface area contributed by atoms with Crippen LogP contribution in [-0.4, -0.2) is 47.6 Å². The molecule has 0 saturated carbocycles. The SMILES string of the molecule is [2H]C(C)C([2H])(n1ncn(-c2ccc(N3CCN(c4ccc(OC)cc4)CC3)cc2)c1=O)C([2H])([2H])[2H]. The van der Waals surface area contributed by atoms with Gasteiger partial charge in [-0.15, -0.1) is 0 Å². The summed E-state index contributed by atoms with van der Waals surface area (Å²) < 4.78 is 46.4. The van der Waals surface area contributed by atoms with Crippen LogP contribution in [0.3, 0.4) is 0 Å². The van der Waals surface area contributed by atoms with E-state index in [4.69, 9.17) is 11.6 Å².